The smallest absolute Gasteiger partial charge is 0.326 e. The van der Waals surface area contributed by atoms with E-state index >= 15 is 0 Å². The van der Waals surface area contributed by atoms with Crippen LogP contribution in [0.1, 0.15) is 5.82 Å². The first-order valence-corrected chi connectivity index (χ1v) is 5.99. The summed E-state index contributed by atoms with van der Waals surface area (Å²) in [6.07, 6.45) is 0. The van der Waals surface area contributed by atoms with E-state index in [4.69, 9.17) is 15.2 Å². The third kappa shape index (κ3) is 2.85. The van der Waals surface area contributed by atoms with Crippen LogP contribution in [-0.4, -0.2) is 35.8 Å². The predicted molar refractivity (Wildman–Crippen MR) is 71.7 cm³/mol. The van der Waals surface area contributed by atoms with Crippen molar-refractivity contribution in [3.05, 3.63) is 24.0 Å². The van der Waals surface area contributed by atoms with Crippen molar-refractivity contribution < 1.29 is 14.3 Å². The molecule has 0 aliphatic carbocycles. The van der Waals surface area contributed by atoms with Crippen molar-refractivity contribution in [2.45, 2.75) is 13.5 Å². The lowest BCUT2D eigenvalue weighted by Crippen LogP contribution is -2.16. The number of hydrogen-bond donors (Lipinski definition) is 1. The van der Waals surface area contributed by atoms with Gasteiger partial charge < -0.3 is 19.8 Å². The summed E-state index contributed by atoms with van der Waals surface area (Å²) in [5, 5.41) is 0. The van der Waals surface area contributed by atoms with Crippen molar-refractivity contribution in [1.29, 1.82) is 0 Å². The summed E-state index contributed by atoms with van der Waals surface area (Å²) in [6, 6.07) is 5.51. The first-order valence-electron chi connectivity index (χ1n) is 5.99. The molecule has 1 heterocycles. The number of nitrogen functional groups attached to an aromatic ring is 1. The van der Waals surface area contributed by atoms with Gasteiger partial charge >= 0.3 is 5.97 Å². The number of fused-ring (bicyclic) bond motifs is 1. The number of para-hydroxylation sites is 1. The summed E-state index contributed by atoms with van der Waals surface area (Å²) in [5.41, 5.74) is 8.01. The van der Waals surface area contributed by atoms with Crippen LogP contribution >= 0.6 is 0 Å². The van der Waals surface area contributed by atoms with Crippen molar-refractivity contribution in [1.82, 2.24) is 9.55 Å². The van der Waals surface area contributed by atoms with Crippen LogP contribution < -0.4 is 5.73 Å². The molecule has 19 heavy (non-hydrogen) atoms. The van der Waals surface area contributed by atoms with Gasteiger partial charge in [-0.15, -0.1) is 0 Å². The molecule has 0 fully saturated rings. The number of anilines is 1. The van der Waals surface area contributed by atoms with Gasteiger partial charge in [0.15, 0.2) is 0 Å². The maximum Gasteiger partial charge on any atom is 0.326 e. The van der Waals surface area contributed by atoms with Crippen LogP contribution in [0.25, 0.3) is 11.0 Å². The number of carbonyl (C=O) groups excluding carboxylic acids is 1. The number of hydrogen-bond acceptors (Lipinski definition) is 5. The zero-order chi connectivity index (χ0) is 13.8. The molecule has 6 heteroatoms. The van der Waals surface area contributed by atoms with Gasteiger partial charge in [-0.05, 0) is 19.1 Å². The maximum atomic E-state index is 11.7. The number of imidazole rings is 1. The molecule has 0 aliphatic rings. The molecule has 1 aromatic carbocycles. The van der Waals surface area contributed by atoms with Crippen LogP contribution in [0.2, 0.25) is 0 Å². The Morgan fingerprint density at radius 1 is 1.42 bits per heavy atom. The highest BCUT2D eigenvalue weighted by atomic mass is 16.6. The lowest BCUT2D eigenvalue weighted by atomic mass is 10.3. The van der Waals surface area contributed by atoms with Crippen LogP contribution in [0.4, 0.5) is 5.69 Å². The van der Waals surface area contributed by atoms with Crippen LogP contribution in [0.3, 0.4) is 0 Å². The van der Waals surface area contributed by atoms with E-state index in [9.17, 15) is 4.79 Å². The number of esters is 1. The van der Waals surface area contributed by atoms with E-state index in [2.05, 4.69) is 4.98 Å². The van der Waals surface area contributed by atoms with Crippen molar-refractivity contribution in [2.75, 3.05) is 26.1 Å². The Bertz CT molecular complexity index is 592. The van der Waals surface area contributed by atoms with E-state index in [-0.39, 0.29) is 19.1 Å². The zero-order valence-corrected chi connectivity index (χ0v) is 11.0. The van der Waals surface area contributed by atoms with Gasteiger partial charge in [0.1, 0.15) is 24.5 Å². The largest absolute Gasteiger partial charge is 0.462 e. The Hall–Kier alpha value is -2.08. The first kappa shape index (κ1) is 13.4. The van der Waals surface area contributed by atoms with Crippen LogP contribution in [-0.2, 0) is 20.8 Å². The van der Waals surface area contributed by atoms with Gasteiger partial charge in [0, 0.05) is 7.11 Å². The first-order chi connectivity index (χ1) is 9.13. The highest BCUT2D eigenvalue weighted by molar-refractivity contribution is 5.88. The molecular weight excluding hydrogens is 246 g/mol. The average molecular weight is 263 g/mol. The molecule has 0 amide bonds. The highest BCUT2D eigenvalue weighted by Crippen LogP contribution is 2.21. The van der Waals surface area contributed by atoms with Gasteiger partial charge in [-0.3, -0.25) is 4.79 Å². The number of aromatic nitrogens is 2. The predicted octanol–water partition coefficient (Wildman–Crippen LogP) is 1.12. The van der Waals surface area contributed by atoms with E-state index in [1.165, 1.54) is 0 Å². The maximum absolute atomic E-state index is 11.7. The summed E-state index contributed by atoms with van der Waals surface area (Å²) in [4.78, 5) is 16.1. The third-order valence-corrected chi connectivity index (χ3v) is 2.84. The van der Waals surface area contributed by atoms with Gasteiger partial charge in [0.05, 0.1) is 17.8 Å². The Labute approximate surface area is 111 Å². The second kappa shape index (κ2) is 5.71. The van der Waals surface area contributed by atoms with E-state index in [0.717, 1.165) is 11.3 Å². The molecular formula is C13H17N3O3. The fourth-order valence-electron chi connectivity index (χ4n) is 1.90. The van der Waals surface area contributed by atoms with E-state index in [1.54, 1.807) is 17.7 Å². The van der Waals surface area contributed by atoms with Crippen LogP contribution in [0.15, 0.2) is 18.2 Å². The van der Waals surface area contributed by atoms with Gasteiger partial charge in [-0.2, -0.15) is 0 Å². The van der Waals surface area contributed by atoms with Gasteiger partial charge in [0.2, 0.25) is 0 Å². The number of ether oxygens (including phenoxy) is 2. The lowest BCUT2D eigenvalue weighted by molar-refractivity contribution is -0.145. The van der Waals surface area contributed by atoms with E-state index in [0.29, 0.717) is 17.8 Å². The minimum absolute atomic E-state index is 0.121. The van der Waals surface area contributed by atoms with Crippen LogP contribution in [0, 0.1) is 6.92 Å². The summed E-state index contributed by atoms with van der Waals surface area (Å²) in [6.45, 7) is 2.60. The molecule has 0 atom stereocenters. The van der Waals surface area contributed by atoms with E-state index in [1.807, 2.05) is 19.1 Å². The minimum atomic E-state index is -0.318. The molecule has 0 bridgehead atoms. The quantitative estimate of drug-likeness (QED) is 0.496. The molecule has 0 radical (unpaired) electrons. The van der Waals surface area contributed by atoms with Crippen LogP contribution in [0.5, 0.6) is 0 Å². The second-order valence-corrected chi connectivity index (χ2v) is 4.17. The molecule has 102 valence electrons. The van der Waals surface area contributed by atoms with Gasteiger partial charge in [-0.1, -0.05) is 6.07 Å². The number of methoxy groups -OCH3 is 1. The molecule has 0 aliphatic heterocycles. The summed E-state index contributed by atoms with van der Waals surface area (Å²) in [7, 11) is 1.56. The summed E-state index contributed by atoms with van der Waals surface area (Å²) < 4.78 is 11.7. The molecule has 2 aromatic rings. The number of nitrogens with two attached hydrogens (primary N) is 1. The Morgan fingerprint density at radius 2 is 2.21 bits per heavy atom. The lowest BCUT2D eigenvalue weighted by Gasteiger charge is -2.07. The standard InChI is InChI=1S/C13H17N3O3/c1-9-15-13-10(14)4-3-5-11(13)16(9)8-12(17)19-7-6-18-2/h3-5H,6-8,14H2,1-2H3. The van der Waals surface area contributed by atoms with E-state index < -0.39 is 0 Å². The molecule has 0 saturated carbocycles. The molecule has 2 N–H and O–H groups in total. The Kier molecular flexibility index (Phi) is 4.01. The third-order valence-electron chi connectivity index (χ3n) is 2.84. The molecule has 1 aromatic heterocycles. The van der Waals surface area contributed by atoms with Crippen molar-refractivity contribution in [2.24, 2.45) is 0 Å². The number of aryl methyl sites for hydroxylation is 1. The normalized spacial score (nSPS) is 10.8. The average Bonchev–Trinajstić information content (AvgIpc) is 2.69. The number of carbonyl (C=O) groups is 1. The van der Waals surface area contributed by atoms with Crippen molar-refractivity contribution in [3.63, 3.8) is 0 Å². The minimum Gasteiger partial charge on any atom is -0.462 e. The molecule has 0 unspecified atom stereocenters. The fourth-order valence-corrected chi connectivity index (χ4v) is 1.90. The van der Waals surface area contributed by atoms with Gasteiger partial charge in [-0.25, -0.2) is 4.98 Å². The second-order valence-electron chi connectivity index (χ2n) is 4.17. The molecule has 0 saturated heterocycles. The van der Waals surface area contributed by atoms with Crippen molar-refractivity contribution in [3.8, 4) is 0 Å². The fraction of sp³-hybridized carbons (Fsp3) is 0.385. The SMILES string of the molecule is COCCOC(=O)Cn1c(C)nc2c(N)cccc21. The monoisotopic (exact) mass is 263 g/mol. The highest BCUT2D eigenvalue weighted by Gasteiger charge is 2.13. The number of benzene rings is 1. The molecule has 6 nitrogen and oxygen atoms in total. The Morgan fingerprint density at radius 3 is 2.95 bits per heavy atom. The summed E-state index contributed by atoms with van der Waals surface area (Å²) >= 11 is 0. The topological polar surface area (TPSA) is 79.4 Å². The molecule has 2 rings (SSSR count). The van der Waals surface area contributed by atoms with Gasteiger partial charge in [0.25, 0.3) is 0 Å². The summed E-state index contributed by atoms with van der Waals surface area (Å²) in [5.74, 6) is 0.415. The number of nitrogens with zero attached hydrogens (tertiary/aromatic N) is 2. The van der Waals surface area contributed by atoms with Crippen molar-refractivity contribution >= 4 is 22.7 Å². The molecule has 0 spiro atoms. The Balaban J connectivity index is 2.18. The zero-order valence-electron chi connectivity index (χ0n) is 11.0. The number of rotatable bonds is 5.